The van der Waals surface area contributed by atoms with Crippen LogP contribution < -0.4 is 11.1 Å². The second-order valence-corrected chi connectivity index (χ2v) is 5.81. The van der Waals surface area contributed by atoms with Crippen molar-refractivity contribution in [2.75, 3.05) is 11.9 Å². The number of amides is 1. The van der Waals surface area contributed by atoms with E-state index in [-0.39, 0.29) is 12.0 Å². The minimum atomic E-state index is -0.248. The predicted octanol–water partition coefficient (Wildman–Crippen LogP) is 1.23. The smallest absolute Gasteiger partial charge is 0.275 e. The van der Waals surface area contributed by atoms with Gasteiger partial charge in [0.1, 0.15) is 10.7 Å². The van der Waals surface area contributed by atoms with E-state index in [4.69, 9.17) is 10.5 Å². The summed E-state index contributed by atoms with van der Waals surface area (Å²) in [5.41, 5.74) is 6.52. The van der Waals surface area contributed by atoms with E-state index in [1.807, 2.05) is 0 Å². The van der Waals surface area contributed by atoms with Gasteiger partial charge < -0.3 is 15.8 Å². The fourth-order valence-corrected chi connectivity index (χ4v) is 2.88. The van der Waals surface area contributed by atoms with Crippen molar-refractivity contribution in [1.29, 1.82) is 0 Å². The molecule has 3 heterocycles. The van der Waals surface area contributed by atoms with Crippen LogP contribution in [0.5, 0.6) is 0 Å². The Bertz CT molecular complexity index is 618. The fraction of sp³-hybridized carbons (Fsp3) is 0.462. The van der Waals surface area contributed by atoms with E-state index in [0.29, 0.717) is 24.5 Å². The van der Waals surface area contributed by atoms with Crippen molar-refractivity contribution >= 4 is 22.9 Å². The number of nitrogens with two attached hydrogens (primary N) is 1. The molecule has 1 amide bonds. The van der Waals surface area contributed by atoms with Crippen molar-refractivity contribution in [2.24, 2.45) is 5.73 Å². The molecule has 2 aromatic heterocycles. The maximum atomic E-state index is 12.0. The third-order valence-electron chi connectivity index (χ3n) is 3.26. The van der Waals surface area contributed by atoms with Crippen molar-refractivity contribution in [3.8, 4) is 0 Å². The van der Waals surface area contributed by atoms with Crippen molar-refractivity contribution in [1.82, 2.24) is 14.8 Å². The van der Waals surface area contributed by atoms with E-state index >= 15 is 0 Å². The molecule has 3 N–H and O–H groups in total. The van der Waals surface area contributed by atoms with Gasteiger partial charge in [0.2, 0.25) is 0 Å². The molecule has 0 radical (unpaired) electrons. The Hall–Kier alpha value is -1.77. The van der Waals surface area contributed by atoms with E-state index < -0.39 is 0 Å². The summed E-state index contributed by atoms with van der Waals surface area (Å²) in [7, 11) is 0. The molecule has 0 aliphatic carbocycles. The van der Waals surface area contributed by atoms with Crippen LogP contribution in [0, 0.1) is 0 Å². The maximum Gasteiger partial charge on any atom is 0.275 e. The second-order valence-electron chi connectivity index (χ2n) is 4.87. The van der Waals surface area contributed by atoms with Gasteiger partial charge in [0.15, 0.2) is 0 Å². The lowest BCUT2D eigenvalue weighted by Crippen LogP contribution is -2.15. The summed E-state index contributed by atoms with van der Waals surface area (Å²) in [6.45, 7) is 1.88. The Morgan fingerprint density at radius 3 is 3.24 bits per heavy atom. The molecule has 1 fully saturated rings. The molecule has 112 valence electrons. The third kappa shape index (κ3) is 3.46. The SMILES string of the molecule is NCc1nc(C(=O)Nc2cnn(CC3CCCO3)c2)cs1. The normalized spacial score (nSPS) is 18.0. The molecule has 0 spiro atoms. The van der Waals surface area contributed by atoms with E-state index in [2.05, 4.69) is 15.4 Å². The molecule has 2 aromatic rings. The summed E-state index contributed by atoms with van der Waals surface area (Å²) in [6.07, 6.45) is 5.81. The summed E-state index contributed by atoms with van der Waals surface area (Å²) >= 11 is 1.38. The summed E-state index contributed by atoms with van der Waals surface area (Å²) in [6, 6.07) is 0. The number of ether oxygens (including phenoxy) is 1. The van der Waals surface area contributed by atoms with Crippen LogP contribution in [-0.2, 0) is 17.8 Å². The third-order valence-corrected chi connectivity index (χ3v) is 4.14. The number of hydrogen-bond donors (Lipinski definition) is 2. The molecular formula is C13H17N5O2S. The minimum absolute atomic E-state index is 0.221. The van der Waals surface area contributed by atoms with Gasteiger partial charge in [0.25, 0.3) is 5.91 Å². The molecule has 1 saturated heterocycles. The van der Waals surface area contributed by atoms with Crippen LogP contribution in [0.15, 0.2) is 17.8 Å². The Morgan fingerprint density at radius 1 is 1.62 bits per heavy atom. The lowest BCUT2D eigenvalue weighted by atomic mass is 10.2. The molecule has 8 heteroatoms. The lowest BCUT2D eigenvalue weighted by Gasteiger charge is -2.08. The zero-order valence-electron chi connectivity index (χ0n) is 11.5. The molecule has 21 heavy (non-hydrogen) atoms. The van der Waals surface area contributed by atoms with Crippen LogP contribution in [-0.4, -0.2) is 33.4 Å². The van der Waals surface area contributed by atoms with Gasteiger partial charge in [0.05, 0.1) is 24.5 Å². The number of anilines is 1. The highest BCUT2D eigenvalue weighted by Gasteiger charge is 2.17. The largest absolute Gasteiger partial charge is 0.376 e. The minimum Gasteiger partial charge on any atom is -0.376 e. The number of nitrogens with zero attached hydrogens (tertiary/aromatic N) is 3. The van der Waals surface area contributed by atoms with Gasteiger partial charge >= 0.3 is 0 Å². The van der Waals surface area contributed by atoms with Gasteiger partial charge in [-0.3, -0.25) is 9.48 Å². The zero-order chi connectivity index (χ0) is 14.7. The van der Waals surface area contributed by atoms with Crippen LogP contribution in [0.4, 0.5) is 5.69 Å². The number of rotatable bonds is 5. The summed E-state index contributed by atoms with van der Waals surface area (Å²) in [4.78, 5) is 16.2. The van der Waals surface area contributed by atoms with Gasteiger partial charge in [0, 0.05) is 24.7 Å². The van der Waals surface area contributed by atoms with Crippen molar-refractivity contribution in [2.45, 2.75) is 32.0 Å². The topological polar surface area (TPSA) is 95.1 Å². The molecule has 1 atom stereocenters. The highest BCUT2D eigenvalue weighted by Crippen LogP contribution is 2.16. The van der Waals surface area contributed by atoms with Gasteiger partial charge in [-0.25, -0.2) is 4.98 Å². The molecule has 1 aliphatic rings. The standard InChI is InChI=1S/C13H17N5O2S/c14-4-12-17-11(8-21-12)13(19)16-9-5-15-18(6-9)7-10-2-1-3-20-10/h5-6,8,10H,1-4,7,14H2,(H,16,19). The first-order valence-corrected chi connectivity index (χ1v) is 7.72. The monoisotopic (exact) mass is 307 g/mol. The summed E-state index contributed by atoms with van der Waals surface area (Å²) in [5, 5.41) is 9.46. The van der Waals surface area contributed by atoms with Crippen LogP contribution >= 0.6 is 11.3 Å². The van der Waals surface area contributed by atoms with Gasteiger partial charge in [-0.1, -0.05) is 0 Å². The Labute approximate surface area is 126 Å². The van der Waals surface area contributed by atoms with Crippen LogP contribution in [0.2, 0.25) is 0 Å². The first kappa shape index (κ1) is 14.2. The number of carbonyl (C=O) groups is 1. The van der Waals surface area contributed by atoms with Crippen LogP contribution in [0.3, 0.4) is 0 Å². The molecule has 3 rings (SSSR count). The van der Waals surface area contributed by atoms with Crippen LogP contribution in [0.25, 0.3) is 0 Å². The van der Waals surface area contributed by atoms with E-state index in [0.717, 1.165) is 24.5 Å². The van der Waals surface area contributed by atoms with E-state index in [9.17, 15) is 4.79 Å². The predicted molar refractivity (Wildman–Crippen MR) is 79.2 cm³/mol. The van der Waals surface area contributed by atoms with Gasteiger partial charge in [-0.2, -0.15) is 5.10 Å². The maximum absolute atomic E-state index is 12.0. The highest BCUT2D eigenvalue weighted by atomic mass is 32.1. The fourth-order valence-electron chi connectivity index (χ4n) is 2.23. The molecule has 0 bridgehead atoms. The van der Waals surface area contributed by atoms with E-state index in [1.54, 1.807) is 22.5 Å². The Morgan fingerprint density at radius 2 is 2.52 bits per heavy atom. The number of aromatic nitrogens is 3. The molecule has 7 nitrogen and oxygen atoms in total. The van der Waals surface area contributed by atoms with Gasteiger partial charge in [-0.15, -0.1) is 11.3 Å². The zero-order valence-corrected chi connectivity index (χ0v) is 12.3. The molecule has 0 aromatic carbocycles. The lowest BCUT2D eigenvalue weighted by molar-refractivity contribution is 0.0940. The van der Waals surface area contributed by atoms with Crippen molar-refractivity contribution < 1.29 is 9.53 Å². The first-order valence-electron chi connectivity index (χ1n) is 6.84. The van der Waals surface area contributed by atoms with Crippen molar-refractivity contribution in [3.63, 3.8) is 0 Å². The number of thiazole rings is 1. The highest BCUT2D eigenvalue weighted by molar-refractivity contribution is 7.09. The second kappa shape index (κ2) is 6.33. The molecule has 0 saturated carbocycles. The van der Waals surface area contributed by atoms with Crippen molar-refractivity contribution in [3.05, 3.63) is 28.5 Å². The average molecular weight is 307 g/mol. The number of hydrogen-bond acceptors (Lipinski definition) is 6. The molecule has 1 unspecified atom stereocenters. The number of nitrogens with one attached hydrogen (secondary N) is 1. The first-order chi connectivity index (χ1) is 10.2. The average Bonchev–Trinajstić information content (AvgIpc) is 3.20. The van der Waals surface area contributed by atoms with Gasteiger partial charge in [-0.05, 0) is 12.8 Å². The molecule has 1 aliphatic heterocycles. The number of carbonyl (C=O) groups excluding carboxylic acids is 1. The van der Waals surface area contributed by atoms with E-state index in [1.165, 1.54) is 11.3 Å². The quantitative estimate of drug-likeness (QED) is 0.866. The summed E-state index contributed by atoms with van der Waals surface area (Å²) < 4.78 is 7.35. The van der Waals surface area contributed by atoms with Crippen LogP contribution in [0.1, 0.15) is 28.3 Å². The Kier molecular flexibility index (Phi) is 4.28. The Balaban J connectivity index is 1.59. The summed E-state index contributed by atoms with van der Waals surface area (Å²) in [5.74, 6) is -0.248. The molecular weight excluding hydrogens is 290 g/mol.